The highest BCUT2D eigenvalue weighted by Crippen LogP contribution is 2.43. The zero-order chi connectivity index (χ0) is 22.1. The van der Waals surface area contributed by atoms with Crippen molar-refractivity contribution >= 4 is 11.7 Å². The smallest absolute Gasteiger partial charge is 0.395 e. The van der Waals surface area contributed by atoms with Crippen molar-refractivity contribution in [2.75, 3.05) is 18.5 Å². The van der Waals surface area contributed by atoms with Gasteiger partial charge in [0.2, 0.25) is 0 Å². The van der Waals surface area contributed by atoms with Gasteiger partial charge in [0.05, 0.1) is 23.8 Å². The molecule has 0 fully saturated rings. The van der Waals surface area contributed by atoms with Crippen LogP contribution in [-0.2, 0) is 11.2 Å². The van der Waals surface area contributed by atoms with E-state index in [1.807, 2.05) is 0 Å². The number of anilines is 1. The monoisotopic (exact) mass is 416 g/mol. The highest BCUT2D eigenvalue weighted by molar-refractivity contribution is 5.87. The van der Waals surface area contributed by atoms with Crippen molar-refractivity contribution in [2.45, 2.75) is 25.4 Å². The number of carboxylic acid groups (broad SMARTS) is 1. The van der Waals surface area contributed by atoms with Crippen molar-refractivity contribution in [2.24, 2.45) is 0 Å². The van der Waals surface area contributed by atoms with Crippen LogP contribution in [0.4, 0.5) is 18.9 Å². The lowest BCUT2D eigenvalue weighted by Gasteiger charge is -2.18. The largest absolute Gasteiger partial charge is 0.492 e. The van der Waals surface area contributed by atoms with Crippen LogP contribution in [0.2, 0.25) is 0 Å². The fourth-order valence-electron chi connectivity index (χ4n) is 3.28. The molecule has 1 heterocycles. The van der Waals surface area contributed by atoms with Crippen LogP contribution in [0.3, 0.4) is 0 Å². The number of carbonyl (C=O) groups is 1. The van der Waals surface area contributed by atoms with E-state index in [0.717, 1.165) is 6.92 Å². The zero-order valence-corrected chi connectivity index (χ0v) is 16.1. The van der Waals surface area contributed by atoms with E-state index in [9.17, 15) is 23.2 Å². The summed E-state index contributed by atoms with van der Waals surface area (Å²) in [7, 11) is 0. The molecule has 0 radical (unpaired) electrons. The molecular formula is C22H19F3N2O3. The summed E-state index contributed by atoms with van der Waals surface area (Å²) in [5.74, 6) is -2.22. The molecule has 2 N–H and O–H groups in total. The lowest BCUT2D eigenvalue weighted by atomic mass is 9.93. The van der Waals surface area contributed by atoms with Crippen LogP contribution in [0, 0.1) is 11.3 Å². The predicted molar refractivity (Wildman–Crippen MR) is 106 cm³/mol. The first kappa shape index (κ1) is 21.2. The number of nitriles is 1. The summed E-state index contributed by atoms with van der Waals surface area (Å²) in [5.41, 5.74) is 2.80. The minimum absolute atomic E-state index is 0.0644. The van der Waals surface area contributed by atoms with Crippen molar-refractivity contribution in [1.29, 1.82) is 5.26 Å². The number of benzene rings is 2. The Morgan fingerprint density at radius 3 is 2.60 bits per heavy atom. The van der Waals surface area contributed by atoms with Gasteiger partial charge < -0.3 is 15.2 Å². The van der Waals surface area contributed by atoms with Gasteiger partial charge in [-0.3, -0.25) is 0 Å². The van der Waals surface area contributed by atoms with E-state index in [1.165, 1.54) is 12.1 Å². The minimum atomic E-state index is -4.33. The molecule has 3 rings (SSSR count). The molecule has 2 aromatic carbocycles. The average Bonchev–Trinajstić information content (AvgIpc) is 3.19. The van der Waals surface area contributed by atoms with Gasteiger partial charge in [-0.05, 0) is 24.1 Å². The number of halogens is 3. The summed E-state index contributed by atoms with van der Waals surface area (Å²) in [5, 5.41) is 21.5. The van der Waals surface area contributed by atoms with Crippen molar-refractivity contribution < 1.29 is 27.8 Å². The molecule has 5 nitrogen and oxygen atoms in total. The number of fused-ring (bicyclic) bond motifs is 1. The molecular weight excluding hydrogens is 397 g/mol. The van der Waals surface area contributed by atoms with Gasteiger partial charge in [-0.25, -0.2) is 4.79 Å². The molecule has 8 heteroatoms. The molecule has 0 spiro atoms. The normalized spacial score (nSPS) is 13.7. The quantitative estimate of drug-likeness (QED) is 0.656. The molecule has 0 aromatic heterocycles. The SMILES string of the molecule is C=C(CNc1cc(-c2ccc([C@H](C)C(F)(F)F)cc2)c2c(c1C#N)CCO2)C(=O)O. The second-order valence-electron chi connectivity index (χ2n) is 7.01. The second-order valence-corrected chi connectivity index (χ2v) is 7.01. The van der Waals surface area contributed by atoms with Crippen LogP contribution in [0.15, 0.2) is 42.5 Å². The number of ether oxygens (including phenoxy) is 1. The van der Waals surface area contributed by atoms with E-state index in [4.69, 9.17) is 9.84 Å². The molecule has 1 atom stereocenters. The zero-order valence-electron chi connectivity index (χ0n) is 16.1. The van der Waals surface area contributed by atoms with E-state index < -0.39 is 18.1 Å². The molecule has 0 saturated carbocycles. The van der Waals surface area contributed by atoms with Crippen molar-refractivity contribution in [3.63, 3.8) is 0 Å². The maximum atomic E-state index is 13.0. The van der Waals surface area contributed by atoms with Crippen molar-refractivity contribution in [1.82, 2.24) is 0 Å². The standard InChI is InChI=1S/C22H19F3N2O3/c1-12(21(28)29)11-27-19-9-17(20-16(7-8-30-20)18(19)10-26)15-5-3-14(4-6-15)13(2)22(23,24)25/h3-6,9,13,27H,1,7-8,11H2,2H3,(H,28,29)/t13-/m0/s1. The molecule has 1 aliphatic heterocycles. The Morgan fingerprint density at radius 2 is 2.03 bits per heavy atom. The van der Waals surface area contributed by atoms with Gasteiger partial charge in [-0.2, -0.15) is 18.4 Å². The third-order valence-electron chi connectivity index (χ3n) is 5.10. The Bertz CT molecular complexity index is 1040. The second kappa shape index (κ2) is 8.11. The fraction of sp³-hybridized carbons (Fsp3) is 0.273. The van der Waals surface area contributed by atoms with Crippen LogP contribution >= 0.6 is 0 Å². The van der Waals surface area contributed by atoms with E-state index in [1.54, 1.807) is 18.2 Å². The fourth-order valence-corrected chi connectivity index (χ4v) is 3.28. The molecule has 0 amide bonds. The maximum absolute atomic E-state index is 13.0. The topological polar surface area (TPSA) is 82.3 Å². The number of rotatable bonds is 6. The first-order chi connectivity index (χ1) is 14.1. The molecule has 1 aliphatic rings. The van der Waals surface area contributed by atoms with Gasteiger partial charge in [0.15, 0.2) is 0 Å². The molecule has 0 saturated heterocycles. The highest BCUT2D eigenvalue weighted by Gasteiger charge is 2.37. The molecule has 2 aromatic rings. The summed E-state index contributed by atoms with van der Waals surface area (Å²) in [6, 6.07) is 9.79. The number of hydrogen-bond acceptors (Lipinski definition) is 4. The van der Waals surface area contributed by atoms with E-state index in [2.05, 4.69) is 18.0 Å². The lowest BCUT2D eigenvalue weighted by Crippen LogP contribution is -2.17. The summed E-state index contributed by atoms with van der Waals surface area (Å²) in [4.78, 5) is 11.0. The highest BCUT2D eigenvalue weighted by atomic mass is 19.4. The number of alkyl halides is 3. The Balaban J connectivity index is 2.02. The Labute approximate surface area is 171 Å². The van der Waals surface area contributed by atoms with E-state index >= 15 is 0 Å². The number of carboxylic acids is 1. The molecule has 0 unspecified atom stereocenters. The van der Waals surface area contributed by atoms with E-state index in [-0.39, 0.29) is 17.7 Å². The first-order valence-corrected chi connectivity index (χ1v) is 9.18. The summed E-state index contributed by atoms with van der Waals surface area (Å²) in [6.07, 6.45) is -3.83. The van der Waals surface area contributed by atoms with Gasteiger partial charge in [-0.1, -0.05) is 30.8 Å². The molecule has 0 bridgehead atoms. The number of nitrogens with one attached hydrogen (secondary N) is 1. The van der Waals surface area contributed by atoms with Crippen LogP contribution in [0.25, 0.3) is 11.1 Å². The summed E-state index contributed by atoms with van der Waals surface area (Å²) in [6.45, 7) is 4.88. The van der Waals surface area contributed by atoms with Crippen LogP contribution < -0.4 is 10.1 Å². The van der Waals surface area contributed by atoms with Gasteiger partial charge in [0.1, 0.15) is 11.8 Å². The Morgan fingerprint density at radius 1 is 1.37 bits per heavy atom. The van der Waals surface area contributed by atoms with Gasteiger partial charge in [0.25, 0.3) is 0 Å². The first-order valence-electron chi connectivity index (χ1n) is 9.18. The van der Waals surface area contributed by atoms with Crippen molar-refractivity contribution in [3.05, 3.63) is 59.2 Å². The predicted octanol–water partition coefficient (Wildman–Crippen LogP) is 4.88. The summed E-state index contributed by atoms with van der Waals surface area (Å²) < 4.78 is 44.6. The number of aliphatic carboxylic acids is 1. The van der Waals surface area contributed by atoms with E-state index in [0.29, 0.717) is 46.7 Å². The number of nitrogens with zero attached hydrogens (tertiary/aromatic N) is 1. The molecule has 156 valence electrons. The number of hydrogen-bond donors (Lipinski definition) is 2. The average molecular weight is 416 g/mol. The molecule has 0 aliphatic carbocycles. The third kappa shape index (κ3) is 4.10. The maximum Gasteiger partial charge on any atom is 0.395 e. The van der Waals surface area contributed by atoms with Gasteiger partial charge in [-0.15, -0.1) is 0 Å². The molecule has 30 heavy (non-hydrogen) atoms. The van der Waals surface area contributed by atoms with Gasteiger partial charge in [0, 0.05) is 29.7 Å². The summed E-state index contributed by atoms with van der Waals surface area (Å²) >= 11 is 0. The van der Waals surface area contributed by atoms with Crippen LogP contribution in [0.5, 0.6) is 5.75 Å². The lowest BCUT2D eigenvalue weighted by molar-refractivity contribution is -0.146. The Hall–Kier alpha value is -3.47. The van der Waals surface area contributed by atoms with Crippen LogP contribution in [-0.4, -0.2) is 30.4 Å². The minimum Gasteiger partial charge on any atom is -0.492 e. The van der Waals surface area contributed by atoms with Gasteiger partial charge >= 0.3 is 12.1 Å². The third-order valence-corrected chi connectivity index (χ3v) is 5.10. The van der Waals surface area contributed by atoms with Crippen molar-refractivity contribution in [3.8, 4) is 22.9 Å². The Kier molecular flexibility index (Phi) is 5.74. The van der Waals surface area contributed by atoms with Crippen LogP contribution in [0.1, 0.15) is 29.5 Å².